The fourth-order valence-corrected chi connectivity index (χ4v) is 2.58. The molecule has 0 spiro atoms. The molecule has 4 rings (SSSR count). The predicted octanol–water partition coefficient (Wildman–Crippen LogP) is 3.52. The van der Waals surface area contributed by atoms with E-state index in [1.165, 1.54) is 5.56 Å². The lowest BCUT2D eigenvalue weighted by atomic mass is 10.2. The van der Waals surface area contributed by atoms with Crippen molar-refractivity contribution in [3.05, 3.63) is 90.5 Å². The van der Waals surface area contributed by atoms with Gasteiger partial charge in [-0.05, 0) is 43.3 Å². The predicted molar refractivity (Wildman–Crippen MR) is 93.1 cm³/mol. The second-order valence-corrected chi connectivity index (χ2v) is 5.65. The topological polar surface area (TPSA) is 34.6 Å². The first-order chi connectivity index (χ1) is 11.8. The minimum atomic E-state index is 0.808. The molecule has 0 radical (unpaired) electrons. The van der Waals surface area contributed by atoms with Gasteiger partial charge in [0.25, 0.3) is 0 Å². The molecule has 4 heteroatoms. The molecular weight excluding hydrogens is 296 g/mol. The van der Waals surface area contributed by atoms with Gasteiger partial charge in [-0.15, -0.1) is 0 Å². The summed E-state index contributed by atoms with van der Waals surface area (Å²) < 4.78 is 1.87. The van der Waals surface area contributed by atoms with E-state index >= 15 is 0 Å². The summed E-state index contributed by atoms with van der Waals surface area (Å²) in [4.78, 5) is 1.68. The summed E-state index contributed by atoms with van der Waals surface area (Å²) in [7, 11) is 0. The van der Waals surface area contributed by atoms with Gasteiger partial charge < -0.3 is 0 Å². The number of rotatable bonds is 3. The Morgan fingerprint density at radius 1 is 0.750 bits per heavy atom. The molecule has 0 saturated heterocycles. The molecule has 0 fully saturated rings. The van der Waals surface area contributed by atoms with Crippen LogP contribution in [0.15, 0.2) is 84.9 Å². The van der Waals surface area contributed by atoms with E-state index in [9.17, 15) is 0 Å². The maximum Gasteiger partial charge on any atom is 0.335 e. The summed E-state index contributed by atoms with van der Waals surface area (Å²) in [5.41, 5.74) is 4.16. The van der Waals surface area contributed by atoms with Gasteiger partial charge in [0.1, 0.15) is 5.69 Å². The molecule has 4 aromatic rings. The van der Waals surface area contributed by atoms with Crippen LogP contribution in [-0.2, 0) is 0 Å². The first kappa shape index (κ1) is 14.3. The third-order valence-corrected chi connectivity index (χ3v) is 3.86. The molecule has 116 valence electrons. The molecule has 0 N–H and O–H groups in total. The van der Waals surface area contributed by atoms with Gasteiger partial charge >= 0.3 is 5.82 Å². The first-order valence-electron chi connectivity index (χ1n) is 7.89. The van der Waals surface area contributed by atoms with Crippen LogP contribution in [0.1, 0.15) is 5.56 Å². The molecule has 4 nitrogen and oxygen atoms in total. The molecule has 1 heterocycles. The number of hydrogen-bond acceptors (Lipinski definition) is 2. The summed E-state index contributed by atoms with van der Waals surface area (Å²) in [5, 5.41) is 9.40. The van der Waals surface area contributed by atoms with Gasteiger partial charge in [-0.25, -0.2) is 0 Å². The third kappa shape index (κ3) is 2.70. The summed E-state index contributed by atoms with van der Waals surface area (Å²) >= 11 is 0. The van der Waals surface area contributed by atoms with Gasteiger partial charge in [-0.2, -0.15) is 0 Å². The largest absolute Gasteiger partial charge is 0.335 e. The van der Waals surface area contributed by atoms with Crippen LogP contribution >= 0.6 is 0 Å². The molecule has 0 atom stereocenters. The maximum atomic E-state index is 4.73. The Bertz CT molecular complexity index is 885. The fourth-order valence-electron chi connectivity index (χ4n) is 2.58. The number of tetrazole rings is 1. The SMILES string of the molecule is Cc1ccc(-n2nc(-c3ccccc3)[n+](-c3ccccc3)n2)cc1. The Kier molecular flexibility index (Phi) is 3.63. The van der Waals surface area contributed by atoms with Crippen LogP contribution in [0.2, 0.25) is 0 Å². The van der Waals surface area contributed by atoms with Gasteiger partial charge in [0.2, 0.25) is 0 Å². The minimum absolute atomic E-state index is 0.808. The van der Waals surface area contributed by atoms with Crippen LogP contribution in [0.4, 0.5) is 0 Å². The van der Waals surface area contributed by atoms with Gasteiger partial charge in [0.15, 0.2) is 5.69 Å². The molecule has 0 unspecified atom stereocenters. The van der Waals surface area contributed by atoms with E-state index in [2.05, 4.69) is 24.3 Å². The van der Waals surface area contributed by atoms with Crippen molar-refractivity contribution < 1.29 is 4.68 Å². The van der Waals surface area contributed by atoms with Crippen LogP contribution in [0.3, 0.4) is 0 Å². The van der Waals surface area contributed by atoms with E-state index in [-0.39, 0.29) is 0 Å². The van der Waals surface area contributed by atoms with E-state index in [0.717, 1.165) is 22.8 Å². The highest BCUT2D eigenvalue weighted by atomic mass is 15.6. The zero-order valence-electron chi connectivity index (χ0n) is 13.4. The van der Waals surface area contributed by atoms with Crippen molar-refractivity contribution in [2.75, 3.05) is 0 Å². The quantitative estimate of drug-likeness (QED) is 0.542. The van der Waals surface area contributed by atoms with Gasteiger partial charge in [-0.3, -0.25) is 0 Å². The zero-order chi connectivity index (χ0) is 16.4. The smallest absolute Gasteiger partial charge is 0.0971 e. The molecule has 1 aromatic heterocycles. The van der Waals surface area contributed by atoms with Crippen molar-refractivity contribution in [2.24, 2.45) is 0 Å². The molecule has 0 aliphatic carbocycles. The van der Waals surface area contributed by atoms with Gasteiger partial charge in [0, 0.05) is 4.80 Å². The summed E-state index contributed by atoms with van der Waals surface area (Å²) in [6, 6.07) is 28.3. The van der Waals surface area contributed by atoms with Gasteiger partial charge in [-0.1, -0.05) is 58.8 Å². The third-order valence-electron chi connectivity index (χ3n) is 3.86. The van der Waals surface area contributed by atoms with Crippen LogP contribution in [-0.4, -0.2) is 15.1 Å². The molecule has 3 aromatic carbocycles. The Morgan fingerprint density at radius 2 is 1.38 bits per heavy atom. The van der Waals surface area contributed by atoms with Crippen molar-refractivity contribution in [3.63, 3.8) is 0 Å². The average molecular weight is 313 g/mol. The number of nitrogens with zero attached hydrogens (tertiary/aromatic N) is 4. The molecule has 0 bridgehead atoms. The van der Waals surface area contributed by atoms with Crippen LogP contribution in [0, 0.1) is 6.92 Å². The van der Waals surface area contributed by atoms with E-state index < -0.39 is 0 Å². The van der Waals surface area contributed by atoms with Crippen LogP contribution < -0.4 is 4.68 Å². The molecule has 0 saturated carbocycles. The second kappa shape index (κ2) is 6.08. The molecule has 0 aliphatic rings. The monoisotopic (exact) mass is 313 g/mol. The Labute approximate surface area is 140 Å². The molecule has 0 amide bonds. The number of hydrogen-bond donors (Lipinski definition) is 0. The zero-order valence-corrected chi connectivity index (χ0v) is 13.4. The molecule has 0 aliphatic heterocycles. The Balaban J connectivity index is 1.89. The number of aromatic nitrogens is 4. The van der Waals surface area contributed by atoms with Crippen LogP contribution in [0.25, 0.3) is 22.8 Å². The Morgan fingerprint density at radius 3 is 2.04 bits per heavy atom. The lowest BCUT2D eigenvalue weighted by molar-refractivity contribution is -0.651. The average Bonchev–Trinajstić information content (AvgIpc) is 3.09. The molecular formula is C20H17N4+. The number of para-hydroxylation sites is 1. The number of aryl methyl sites for hydroxylation is 1. The maximum absolute atomic E-state index is 4.73. The van der Waals surface area contributed by atoms with Crippen molar-refractivity contribution in [2.45, 2.75) is 6.92 Å². The highest BCUT2D eigenvalue weighted by Gasteiger charge is 2.23. The fraction of sp³-hybridized carbons (Fsp3) is 0.0500. The lowest BCUT2D eigenvalue weighted by Crippen LogP contribution is -2.35. The first-order valence-corrected chi connectivity index (χ1v) is 7.89. The Hall–Kier alpha value is -3.27. The van der Waals surface area contributed by atoms with Crippen molar-refractivity contribution in [1.82, 2.24) is 15.1 Å². The standard InChI is InChI=1S/C20H17N4/c1-16-12-14-19(15-13-16)24-21-20(17-8-4-2-5-9-17)23(22-24)18-10-6-3-7-11-18/h2-15H,1H3/q+1. The van der Waals surface area contributed by atoms with Crippen molar-refractivity contribution >= 4 is 0 Å². The highest BCUT2D eigenvalue weighted by molar-refractivity contribution is 5.52. The summed E-state index contributed by atoms with van der Waals surface area (Å²) in [6.07, 6.45) is 0. The van der Waals surface area contributed by atoms with E-state index in [1.807, 2.05) is 77.5 Å². The number of benzene rings is 3. The summed E-state index contributed by atoms with van der Waals surface area (Å²) in [6.45, 7) is 2.07. The summed E-state index contributed by atoms with van der Waals surface area (Å²) in [5.74, 6) is 0.808. The van der Waals surface area contributed by atoms with E-state index in [4.69, 9.17) is 5.10 Å². The van der Waals surface area contributed by atoms with Gasteiger partial charge in [0.05, 0.1) is 15.9 Å². The minimum Gasteiger partial charge on any atom is -0.0971 e. The van der Waals surface area contributed by atoms with Crippen molar-refractivity contribution in [3.8, 4) is 22.8 Å². The normalized spacial score (nSPS) is 10.7. The van der Waals surface area contributed by atoms with Crippen LogP contribution in [0.5, 0.6) is 0 Å². The highest BCUT2D eigenvalue weighted by Crippen LogP contribution is 2.15. The second-order valence-electron chi connectivity index (χ2n) is 5.65. The van der Waals surface area contributed by atoms with E-state index in [1.54, 1.807) is 4.80 Å². The van der Waals surface area contributed by atoms with E-state index in [0.29, 0.717) is 0 Å². The van der Waals surface area contributed by atoms with Crippen molar-refractivity contribution in [1.29, 1.82) is 0 Å². The molecule has 24 heavy (non-hydrogen) atoms. The lowest BCUT2D eigenvalue weighted by Gasteiger charge is -1.97.